The summed E-state index contributed by atoms with van der Waals surface area (Å²) in [6, 6.07) is 16.0. The van der Waals surface area contributed by atoms with Crippen LogP contribution in [0.25, 0.3) is 0 Å². The quantitative estimate of drug-likeness (QED) is 0.364. The summed E-state index contributed by atoms with van der Waals surface area (Å²) < 4.78 is 0. The van der Waals surface area contributed by atoms with Crippen LogP contribution in [0.1, 0.15) is 0 Å². The fraction of sp³-hybridized carbons (Fsp3) is 0.188. The maximum Gasteiger partial charge on any atom is 0.200 e. The Hall–Kier alpha value is -1.30. The Morgan fingerprint density at radius 3 is 2.73 bits per heavy atom. The first-order valence-corrected chi connectivity index (χ1v) is 9.40. The molecular formula is C16H18ClN3S2. The molecule has 0 atom stereocenters. The van der Waals surface area contributed by atoms with E-state index in [1.54, 1.807) is 23.5 Å². The molecule has 0 unspecified atom stereocenters. The topological polar surface area (TPSA) is 41.6 Å². The minimum absolute atomic E-state index is 0.445. The number of thioether (sulfide) groups is 2. The summed E-state index contributed by atoms with van der Waals surface area (Å²) >= 11 is 9.09. The minimum atomic E-state index is 0.445. The largest absolute Gasteiger partial charge is 0.369 e. The highest BCUT2D eigenvalue weighted by atomic mass is 35.5. The molecule has 0 radical (unpaired) electrons. The number of guanidine groups is 1. The molecule has 0 spiro atoms. The van der Waals surface area contributed by atoms with Gasteiger partial charge in [0, 0.05) is 16.8 Å². The lowest BCUT2D eigenvalue weighted by Gasteiger charge is -2.21. The van der Waals surface area contributed by atoms with Gasteiger partial charge in [-0.05, 0) is 36.6 Å². The predicted octanol–water partition coefficient (Wildman–Crippen LogP) is 4.78. The van der Waals surface area contributed by atoms with E-state index in [1.807, 2.05) is 60.7 Å². The molecule has 0 saturated heterocycles. The van der Waals surface area contributed by atoms with E-state index in [9.17, 15) is 0 Å². The van der Waals surface area contributed by atoms with Crippen molar-refractivity contribution in [2.24, 2.45) is 10.7 Å². The lowest BCUT2D eigenvalue weighted by Crippen LogP contribution is -2.33. The Kier molecular flexibility index (Phi) is 6.49. The molecule has 2 rings (SSSR count). The van der Waals surface area contributed by atoms with Gasteiger partial charge in [0.25, 0.3) is 0 Å². The zero-order valence-electron chi connectivity index (χ0n) is 12.5. The van der Waals surface area contributed by atoms with Crippen LogP contribution in [0.3, 0.4) is 0 Å². The molecule has 0 bridgehead atoms. The normalized spacial score (nSPS) is 11.5. The first kappa shape index (κ1) is 17.1. The van der Waals surface area contributed by atoms with Crippen LogP contribution in [-0.4, -0.2) is 24.5 Å². The molecule has 6 heteroatoms. The highest BCUT2D eigenvalue weighted by Crippen LogP contribution is 2.30. The molecule has 0 heterocycles. The molecule has 0 aliphatic heterocycles. The number of anilines is 1. The second kappa shape index (κ2) is 8.36. The Bertz CT molecular complexity index is 661. The number of para-hydroxylation sites is 1. The van der Waals surface area contributed by atoms with Crippen LogP contribution in [0, 0.1) is 0 Å². The molecular weight excluding hydrogens is 334 g/mol. The molecule has 0 aromatic heterocycles. The van der Waals surface area contributed by atoms with Crippen molar-refractivity contribution in [1.82, 2.24) is 0 Å². The van der Waals surface area contributed by atoms with Crippen LogP contribution in [0.5, 0.6) is 0 Å². The number of nitrogens with zero attached hydrogens (tertiary/aromatic N) is 2. The summed E-state index contributed by atoms with van der Waals surface area (Å²) in [4.78, 5) is 8.63. The van der Waals surface area contributed by atoms with Crippen molar-refractivity contribution in [2.45, 2.75) is 9.79 Å². The monoisotopic (exact) mass is 351 g/mol. The molecule has 22 heavy (non-hydrogen) atoms. The number of rotatable bonds is 5. The molecule has 116 valence electrons. The van der Waals surface area contributed by atoms with E-state index in [2.05, 4.69) is 11.1 Å². The van der Waals surface area contributed by atoms with Crippen molar-refractivity contribution < 1.29 is 0 Å². The third-order valence-corrected chi connectivity index (χ3v) is 4.90. The van der Waals surface area contributed by atoms with Gasteiger partial charge in [0.05, 0.1) is 16.6 Å². The van der Waals surface area contributed by atoms with Gasteiger partial charge in [0.15, 0.2) is 0 Å². The van der Waals surface area contributed by atoms with E-state index < -0.39 is 0 Å². The Morgan fingerprint density at radius 2 is 2.00 bits per heavy atom. The number of benzene rings is 2. The van der Waals surface area contributed by atoms with Gasteiger partial charge in [-0.3, -0.25) is 0 Å². The number of alkyl halides is 1. The van der Waals surface area contributed by atoms with Gasteiger partial charge in [0.1, 0.15) is 0 Å². The van der Waals surface area contributed by atoms with Gasteiger partial charge in [-0.15, -0.1) is 35.1 Å². The molecule has 2 aromatic carbocycles. The number of hydrogen-bond acceptors (Lipinski definition) is 3. The maximum absolute atomic E-state index is 6.16. The molecule has 0 amide bonds. The zero-order chi connectivity index (χ0) is 15.9. The molecule has 2 aromatic rings. The first-order valence-electron chi connectivity index (χ1n) is 6.65. The Balaban J connectivity index is 2.28. The highest BCUT2D eigenvalue weighted by molar-refractivity contribution is 8.00. The molecule has 3 nitrogen and oxygen atoms in total. The molecule has 0 fully saturated rings. The summed E-state index contributed by atoms with van der Waals surface area (Å²) in [7, 11) is 1.91. The van der Waals surface area contributed by atoms with E-state index in [0.29, 0.717) is 11.2 Å². The number of halogens is 1. The van der Waals surface area contributed by atoms with Gasteiger partial charge in [-0.2, -0.15) is 0 Å². The van der Waals surface area contributed by atoms with Gasteiger partial charge in [-0.25, -0.2) is 4.99 Å². The first-order chi connectivity index (χ1) is 10.7. The third kappa shape index (κ3) is 4.35. The van der Waals surface area contributed by atoms with Crippen LogP contribution in [0.2, 0.25) is 0 Å². The predicted molar refractivity (Wildman–Crippen MR) is 101 cm³/mol. The Morgan fingerprint density at radius 1 is 1.23 bits per heavy atom. The van der Waals surface area contributed by atoms with E-state index in [0.717, 1.165) is 21.2 Å². The standard InChI is InChI=1S/C16H18ClN3S2/c1-20(14-8-3-4-9-15(14)22-11-17)16(18)19-12-6-5-7-13(10-12)21-2/h3-10H,11H2,1-2H3,(H2,18,19). The van der Waals surface area contributed by atoms with E-state index in [-0.39, 0.29) is 0 Å². The zero-order valence-corrected chi connectivity index (χ0v) is 14.9. The van der Waals surface area contributed by atoms with Crippen molar-refractivity contribution in [3.05, 3.63) is 48.5 Å². The molecule has 0 aliphatic carbocycles. The van der Waals surface area contributed by atoms with Crippen LogP contribution in [0.15, 0.2) is 63.3 Å². The van der Waals surface area contributed by atoms with Crippen LogP contribution >= 0.6 is 35.1 Å². The number of hydrogen-bond donors (Lipinski definition) is 1. The maximum atomic E-state index is 6.16. The average Bonchev–Trinajstić information content (AvgIpc) is 2.55. The number of nitrogens with two attached hydrogens (primary N) is 1. The van der Waals surface area contributed by atoms with E-state index in [4.69, 9.17) is 17.3 Å². The summed E-state index contributed by atoms with van der Waals surface area (Å²) in [5, 5.41) is 0.498. The SMILES string of the molecule is CSc1cccc(N=C(N)N(C)c2ccccc2SCCl)c1. The van der Waals surface area contributed by atoms with Crippen LogP contribution in [0.4, 0.5) is 11.4 Å². The molecule has 2 N–H and O–H groups in total. The van der Waals surface area contributed by atoms with Crippen molar-refractivity contribution in [2.75, 3.05) is 23.4 Å². The smallest absolute Gasteiger partial charge is 0.200 e. The minimum Gasteiger partial charge on any atom is -0.369 e. The van der Waals surface area contributed by atoms with Crippen molar-refractivity contribution in [1.29, 1.82) is 0 Å². The lowest BCUT2D eigenvalue weighted by molar-refractivity contribution is 1.18. The van der Waals surface area contributed by atoms with E-state index in [1.165, 1.54) is 0 Å². The van der Waals surface area contributed by atoms with Gasteiger partial charge in [-0.1, -0.05) is 18.2 Å². The summed E-state index contributed by atoms with van der Waals surface area (Å²) in [6.07, 6.45) is 2.04. The van der Waals surface area contributed by atoms with Crippen LogP contribution in [-0.2, 0) is 0 Å². The van der Waals surface area contributed by atoms with Gasteiger partial charge >= 0.3 is 0 Å². The van der Waals surface area contributed by atoms with Crippen molar-refractivity contribution in [3.63, 3.8) is 0 Å². The molecule has 0 aliphatic rings. The number of aliphatic imine (C=N–C) groups is 1. The Labute approximate surface area is 144 Å². The highest BCUT2D eigenvalue weighted by Gasteiger charge is 2.10. The second-order valence-electron chi connectivity index (χ2n) is 4.45. The second-order valence-corrected chi connectivity index (χ2v) is 6.93. The van der Waals surface area contributed by atoms with Gasteiger partial charge in [0.2, 0.25) is 5.96 Å². The summed E-state index contributed by atoms with van der Waals surface area (Å²) in [6.45, 7) is 0. The van der Waals surface area contributed by atoms with Crippen molar-refractivity contribution in [3.8, 4) is 0 Å². The fourth-order valence-corrected chi connectivity index (χ4v) is 3.38. The lowest BCUT2D eigenvalue weighted by atomic mass is 10.3. The van der Waals surface area contributed by atoms with Crippen molar-refractivity contribution >= 4 is 52.5 Å². The summed E-state index contributed by atoms with van der Waals surface area (Å²) in [5.74, 6) is 0.445. The summed E-state index contributed by atoms with van der Waals surface area (Å²) in [5.41, 5.74) is 8.01. The van der Waals surface area contributed by atoms with E-state index >= 15 is 0 Å². The average molecular weight is 352 g/mol. The third-order valence-electron chi connectivity index (χ3n) is 3.08. The van der Waals surface area contributed by atoms with Gasteiger partial charge < -0.3 is 10.6 Å². The molecule has 0 saturated carbocycles. The fourth-order valence-electron chi connectivity index (χ4n) is 1.93. The van der Waals surface area contributed by atoms with Crippen LogP contribution < -0.4 is 10.6 Å².